The van der Waals surface area contributed by atoms with Crippen molar-refractivity contribution in [3.8, 4) is 17.3 Å². The molecule has 0 unspecified atom stereocenters. The first-order valence-electron chi connectivity index (χ1n) is 8.55. The van der Waals surface area contributed by atoms with Gasteiger partial charge in [-0.15, -0.1) is 0 Å². The van der Waals surface area contributed by atoms with E-state index in [9.17, 15) is 4.79 Å². The van der Waals surface area contributed by atoms with Crippen molar-refractivity contribution in [2.75, 3.05) is 11.9 Å². The van der Waals surface area contributed by atoms with Crippen molar-refractivity contribution in [2.45, 2.75) is 6.42 Å². The number of amides is 1. The largest absolute Gasteiger partial charge is 0.482 e. The van der Waals surface area contributed by atoms with Crippen molar-refractivity contribution in [3.63, 3.8) is 0 Å². The van der Waals surface area contributed by atoms with Gasteiger partial charge < -0.3 is 19.0 Å². The third-order valence-electron chi connectivity index (χ3n) is 3.85. The molecule has 0 saturated heterocycles. The summed E-state index contributed by atoms with van der Waals surface area (Å²) in [4.78, 5) is 20.5. The van der Waals surface area contributed by atoms with Gasteiger partial charge in [0.05, 0.1) is 18.9 Å². The molecule has 0 saturated carbocycles. The molecule has 4 aromatic rings. The molecule has 8 heteroatoms. The summed E-state index contributed by atoms with van der Waals surface area (Å²) < 4.78 is 16.0. The average molecular weight is 376 g/mol. The normalized spacial score (nSPS) is 10.6. The fraction of sp³-hybridized carbons (Fsp3) is 0.100. The summed E-state index contributed by atoms with van der Waals surface area (Å²) in [5.41, 5.74) is 1.49. The number of para-hydroxylation sites is 1. The topological polar surface area (TPSA) is 103 Å². The molecule has 0 spiro atoms. The number of hydrogen-bond acceptors (Lipinski definition) is 7. The lowest BCUT2D eigenvalue weighted by Crippen LogP contribution is -2.21. The summed E-state index contributed by atoms with van der Waals surface area (Å²) in [6.07, 6.45) is 5.10. The lowest BCUT2D eigenvalue weighted by atomic mass is 10.1. The number of carbonyl (C=O) groups is 1. The zero-order valence-corrected chi connectivity index (χ0v) is 14.7. The van der Waals surface area contributed by atoms with Crippen molar-refractivity contribution >= 4 is 11.6 Å². The van der Waals surface area contributed by atoms with Crippen LogP contribution in [0.1, 0.15) is 11.5 Å². The van der Waals surface area contributed by atoms with E-state index in [4.69, 9.17) is 13.7 Å². The van der Waals surface area contributed by atoms with Crippen LogP contribution in [-0.4, -0.2) is 27.6 Å². The van der Waals surface area contributed by atoms with Crippen LogP contribution < -0.4 is 10.1 Å². The van der Waals surface area contributed by atoms with Gasteiger partial charge in [-0.1, -0.05) is 23.4 Å². The quantitative estimate of drug-likeness (QED) is 0.527. The summed E-state index contributed by atoms with van der Waals surface area (Å²) in [5.74, 6) is 1.58. The number of pyridine rings is 1. The molecule has 1 amide bonds. The zero-order valence-electron chi connectivity index (χ0n) is 14.7. The molecular weight excluding hydrogens is 360 g/mol. The summed E-state index contributed by atoms with van der Waals surface area (Å²) >= 11 is 0. The van der Waals surface area contributed by atoms with E-state index in [1.165, 1.54) is 0 Å². The third-order valence-corrected chi connectivity index (χ3v) is 3.85. The number of hydrogen-bond donors (Lipinski definition) is 1. The van der Waals surface area contributed by atoms with Crippen LogP contribution in [0.2, 0.25) is 0 Å². The van der Waals surface area contributed by atoms with E-state index in [1.807, 2.05) is 18.2 Å². The number of ether oxygens (including phenoxy) is 1. The van der Waals surface area contributed by atoms with Crippen molar-refractivity contribution in [1.82, 2.24) is 15.1 Å². The minimum absolute atomic E-state index is 0.122. The Morgan fingerprint density at radius 3 is 2.86 bits per heavy atom. The number of nitrogens with zero attached hydrogens (tertiary/aromatic N) is 3. The second-order valence-corrected chi connectivity index (χ2v) is 5.85. The molecule has 8 nitrogen and oxygen atoms in total. The van der Waals surface area contributed by atoms with E-state index in [2.05, 4.69) is 20.4 Å². The van der Waals surface area contributed by atoms with Crippen LogP contribution in [0.5, 0.6) is 5.75 Å². The molecule has 1 aromatic carbocycles. The van der Waals surface area contributed by atoms with Gasteiger partial charge in [-0.05, 0) is 35.9 Å². The maximum atomic E-state index is 12.2. The zero-order chi connectivity index (χ0) is 19.2. The maximum absolute atomic E-state index is 12.2. The standard InChI is InChI=1S/C20H16N4O4/c25-18(13-27-15-6-3-9-21-12-15)22-16-7-2-1-5-14(16)11-19-23-20(24-28-19)17-8-4-10-26-17/h1-10,12H,11,13H2,(H,22,25). The highest BCUT2D eigenvalue weighted by atomic mass is 16.5. The highest BCUT2D eigenvalue weighted by Gasteiger charge is 2.14. The first-order chi connectivity index (χ1) is 13.8. The number of benzene rings is 1. The van der Waals surface area contributed by atoms with E-state index in [1.54, 1.807) is 49.0 Å². The highest BCUT2D eigenvalue weighted by molar-refractivity contribution is 5.92. The predicted octanol–water partition coefficient (Wildman–Crippen LogP) is 3.33. The molecule has 0 fully saturated rings. The van der Waals surface area contributed by atoms with Gasteiger partial charge in [0.25, 0.3) is 5.91 Å². The van der Waals surface area contributed by atoms with Gasteiger partial charge in [0.15, 0.2) is 12.4 Å². The molecular formula is C20H16N4O4. The van der Waals surface area contributed by atoms with E-state index in [0.717, 1.165) is 5.56 Å². The van der Waals surface area contributed by atoms with Crippen LogP contribution in [0.4, 0.5) is 5.69 Å². The highest BCUT2D eigenvalue weighted by Crippen LogP contribution is 2.21. The predicted molar refractivity (Wildman–Crippen MR) is 99.6 cm³/mol. The van der Waals surface area contributed by atoms with Gasteiger partial charge in [-0.3, -0.25) is 9.78 Å². The SMILES string of the molecule is O=C(COc1cccnc1)Nc1ccccc1Cc1nc(-c2ccco2)no1. The van der Waals surface area contributed by atoms with E-state index < -0.39 is 0 Å². The van der Waals surface area contributed by atoms with Crippen LogP contribution in [0.3, 0.4) is 0 Å². The number of aromatic nitrogens is 3. The maximum Gasteiger partial charge on any atom is 0.262 e. The Morgan fingerprint density at radius 1 is 1.11 bits per heavy atom. The minimum Gasteiger partial charge on any atom is -0.482 e. The van der Waals surface area contributed by atoms with Crippen LogP contribution in [0.15, 0.2) is 76.1 Å². The minimum atomic E-state index is -0.280. The van der Waals surface area contributed by atoms with E-state index in [-0.39, 0.29) is 12.5 Å². The van der Waals surface area contributed by atoms with Crippen molar-refractivity contribution in [1.29, 1.82) is 0 Å². The molecule has 28 heavy (non-hydrogen) atoms. The second kappa shape index (κ2) is 8.17. The van der Waals surface area contributed by atoms with Crippen LogP contribution in [0, 0.1) is 0 Å². The number of furan rings is 1. The molecule has 0 aliphatic carbocycles. The molecule has 0 radical (unpaired) electrons. The van der Waals surface area contributed by atoms with Gasteiger partial charge in [0.2, 0.25) is 11.7 Å². The molecule has 4 rings (SSSR count). The molecule has 0 atom stereocenters. The van der Waals surface area contributed by atoms with Gasteiger partial charge in [-0.2, -0.15) is 4.98 Å². The summed E-state index contributed by atoms with van der Waals surface area (Å²) in [6, 6.07) is 14.4. The van der Waals surface area contributed by atoms with Gasteiger partial charge in [-0.25, -0.2) is 0 Å². The fourth-order valence-electron chi connectivity index (χ4n) is 2.56. The average Bonchev–Trinajstić information content (AvgIpc) is 3.41. The summed E-state index contributed by atoms with van der Waals surface area (Å²) in [7, 11) is 0. The Labute approximate surface area is 160 Å². The van der Waals surface area contributed by atoms with E-state index in [0.29, 0.717) is 35.3 Å². The molecule has 0 bridgehead atoms. The Balaban J connectivity index is 1.41. The summed E-state index contributed by atoms with van der Waals surface area (Å²) in [5, 5.41) is 6.76. The number of nitrogens with one attached hydrogen (secondary N) is 1. The third kappa shape index (κ3) is 4.24. The van der Waals surface area contributed by atoms with Gasteiger partial charge in [0.1, 0.15) is 5.75 Å². The van der Waals surface area contributed by atoms with Crippen molar-refractivity contribution < 1.29 is 18.5 Å². The lowest BCUT2D eigenvalue weighted by molar-refractivity contribution is -0.118. The summed E-state index contributed by atoms with van der Waals surface area (Å²) in [6.45, 7) is -0.122. The monoisotopic (exact) mass is 376 g/mol. The number of anilines is 1. The van der Waals surface area contributed by atoms with Crippen molar-refractivity contribution in [2.24, 2.45) is 0 Å². The Kier molecular flexibility index (Phi) is 5.10. The van der Waals surface area contributed by atoms with Crippen LogP contribution in [-0.2, 0) is 11.2 Å². The van der Waals surface area contributed by atoms with Crippen molar-refractivity contribution in [3.05, 3.63) is 78.6 Å². The molecule has 0 aliphatic rings. The van der Waals surface area contributed by atoms with Gasteiger partial charge >= 0.3 is 0 Å². The second-order valence-electron chi connectivity index (χ2n) is 5.85. The Bertz CT molecular complexity index is 1050. The molecule has 3 heterocycles. The lowest BCUT2D eigenvalue weighted by Gasteiger charge is -2.10. The Hall–Kier alpha value is -3.94. The molecule has 0 aliphatic heterocycles. The molecule has 140 valence electrons. The smallest absolute Gasteiger partial charge is 0.262 e. The number of rotatable bonds is 7. The van der Waals surface area contributed by atoms with Gasteiger partial charge in [0, 0.05) is 11.9 Å². The first-order valence-corrected chi connectivity index (χ1v) is 8.55. The fourth-order valence-corrected chi connectivity index (χ4v) is 2.56. The first kappa shape index (κ1) is 17.5. The number of carbonyl (C=O) groups excluding carboxylic acids is 1. The van der Waals surface area contributed by atoms with Crippen LogP contribution in [0.25, 0.3) is 11.6 Å². The molecule has 3 aromatic heterocycles. The molecule has 1 N–H and O–H groups in total. The Morgan fingerprint density at radius 2 is 2.04 bits per heavy atom. The van der Waals surface area contributed by atoms with E-state index >= 15 is 0 Å². The van der Waals surface area contributed by atoms with Crippen LogP contribution >= 0.6 is 0 Å².